The lowest BCUT2D eigenvalue weighted by Gasteiger charge is -2.32. The number of rotatable bonds is 8. The number of para-hydroxylation sites is 4. The number of aromatic nitrogens is 2. The van der Waals surface area contributed by atoms with E-state index in [1.54, 1.807) is 0 Å². The molecule has 4 N–H and O–H groups in total. The highest BCUT2D eigenvalue weighted by atomic mass is 16.3. The molecule has 0 aliphatic carbocycles. The lowest BCUT2D eigenvalue weighted by Crippen LogP contribution is -3.28. The van der Waals surface area contributed by atoms with Crippen LogP contribution in [-0.4, -0.2) is 70.8 Å². The maximum atomic E-state index is 11.1. The molecule has 2 atom stereocenters. The summed E-state index contributed by atoms with van der Waals surface area (Å²) >= 11 is 0. The van der Waals surface area contributed by atoms with Crippen molar-refractivity contribution in [3.8, 4) is 0 Å². The minimum atomic E-state index is -0.406. The first kappa shape index (κ1) is 25.3. The molecule has 2 aromatic heterocycles. The largest absolute Gasteiger partial charge is 0.385 e. The van der Waals surface area contributed by atoms with Crippen molar-refractivity contribution in [3.05, 3.63) is 97.1 Å². The molecule has 4 aromatic carbocycles. The van der Waals surface area contributed by atoms with Crippen molar-refractivity contribution in [3.63, 3.8) is 0 Å². The van der Waals surface area contributed by atoms with E-state index in [0.29, 0.717) is 13.1 Å². The van der Waals surface area contributed by atoms with Crippen LogP contribution in [0.2, 0.25) is 0 Å². The monoisotopic (exact) mass is 534 g/mol. The third-order valence-corrected chi connectivity index (χ3v) is 8.86. The van der Waals surface area contributed by atoms with E-state index in [-0.39, 0.29) is 0 Å². The number of aliphatic hydroxyl groups excluding tert-OH is 2. The van der Waals surface area contributed by atoms with E-state index in [4.69, 9.17) is 0 Å². The Balaban J connectivity index is 0.965. The van der Waals surface area contributed by atoms with E-state index in [9.17, 15) is 10.2 Å². The topological polar surface area (TPSA) is 59.2 Å². The molecule has 1 aliphatic rings. The second kappa shape index (κ2) is 10.7. The number of nitrogens with one attached hydrogen (secondary N) is 2. The van der Waals surface area contributed by atoms with Crippen LogP contribution in [0.25, 0.3) is 43.6 Å². The minimum absolute atomic E-state index is 0.406. The van der Waals surface area contributed by atoms with Gasteiger partial charge in [-0.1, -0.05) is 72.8 Å². The van der Waals surface area contributed by atoms with E-state index < -0.39 is 12.2 Å². The van der Waals surface area contributed by atoms with Gasteiger partial charge in [0.1, 0.15) is 51.5 Å². The number of fused-ring (bicyclic) bond motifs is 6. The molecule has 0 bridgehead atoms. The zero-order valence-corrected chi connectivity index (χ0v) is 22.8. The fraction of sp³-hybridized carbons (Fsp3) is 0.294. The quantitative estimate of drug-likeness (QED) is 0.242. The summed E-state index contributed by atoms with van der Waals surface area (Å²) in [5.74, 6) is 0. The van der Waals surface area contributed by atoms with E-state index in [1.807, 2.05) is 0 Å². The average Bonchev–Trinajstić information content (AvgIpc) is 3.47. The molecule has 204 valence electrons. The molecule has 6 heteroatoms. The minimum Gasteiger partial charge on any atom is -0.385 e. The predicted molar refractivity (Wildman–Crippen MR) is 162 cm³/mol. The van der Waals surface area contributed by atoms with Gasteiger partial charge in [0.15, 0.2) is 0 Å². The Labute approximate surface area is 234 Å². The molecular formula is C34H38N4O2+2. The maximum absolute atomic E-state index is 11.1. The van der Waals surface area contributed by atoms with Crippen molar-refractivity contribution in [1.29, 1.82) is 0 Å². The Morgan fingerprint density at radius 3 is 1.05 bits per heavy atom. The number of quaternary nitrogens is 2. The summed E-state index contributed by atoms with van der Waals surface area (Å²) < 4.78 is 4.56. The standard InChI is InChI=1S/C34H36N4O2/c39-25(23-37-31-13-5-1-9-27(31)28-10-2-6-14-32(28)37)21-35-17-19-36(20-18-35)22-26(40)24-38-33-15-7-3-11-29(33)30-12-4-8-16-34(30)38/h1-16,25-26,39-40H,17-24H2/p+2/t25-,26-/m0/s1. The van der Waals surface area contributed by atoms with Gasteiger partial charge in [0.25, 0.3) is 0 Å². The summed E-state index contributed by atoms with van der Waals surface area (Å²) in [5.41, 5.74) is 4.74. The van der Waals surface area contributed by atoms with Crippen molar-refractivity contribution >= 4 is 43.6 Å². The van der Waals surface area contributed by atoms with Gasteiger partial charge in [0.2, 0.25) is 0 Å². The molecule has 6 aromatic rings. The van der Waals surface area contributed by atoms with Crippen LogP contribution < -0.4 is 9.80 Å². The van der Waals surface area contributed by atoms with Gasteiger partial charge >= 0.3 is 0 Å². The van der Waals surface area contributed by atoms with Gasteiger partial charge in [-0.3, -0.25) is 0 Å². The first-order valence-electron chi connectivity index (χ1n) is 14.6. The smallest absolute Gasteiger partial charge is 0.127 e. The molecule has 0 unspecified atom stereocenters. The first-order valence-corrected chi connectivity index (χ1v) is 14.6. The predicted octanol–water partition coefficient (Wildman–Crippen LogP) is 2.11. The number of nitrogens with zero attached hydrogens (tertiary/aromatic N) is 2. The number of hydrogen-bond acceptors (Lipinski definition) is 2. The van der Waals surface area contributed by atoms with Crippen molar-refractivity contribution < 1.29 is 20.0 Å². The van der Waals surface area contributed by atoms with Crippen molar-refractivity contribution in [2.24, 2.45) is 0 Å². The lowest BCUT2D eigenvalue weighted by molar-refractivity contribution is -1.01. The summed E-state index contributed by atoms with van der Waals surface area (Å²) in [6.07, 6.45) is -0.812. The number of hydrogen-bond donors (Lipinski definition) is 4. The normalized spacial score (nSPS) is 19.6. The highest BCUT2D eigenvalue weighted by Gasteiger charge is 2.27. The van der Waals surface area contributed by atoms with Gasteiger partial charge in [-0.15, -0.1) is 0 Å². The molecule has 1 saturated heterocycles. The second-order valence-corrected chi connectivity index (χ2v) is 11.5. The van der Waals surface area contributed by atoms with Crippen LogP contribution in [-0.2, 0) is 13.1 Å². The van der Waals surface area contributed by atoms with Gasteiger partial charge in [-0.25, -0.2) is 0 Å². The Morgan fingerprint density at radius 2 is 0.750 bits per heavy atom. The van der Waals surface area contributed by atoms with E-state index in [0.717, 1.165) is 39.3 Å². The van der Waals surface area contributed by atoms with Gasteiger partial charge < -0.3 is 29.1 Å². The Hall–Kier alpha value is -3.68. The molecule has 1 aliphatic heterocycles. The van der Waals surface area contributed by atoms with Crippen LogP contribution >= 0.6 is 0 Å². The summed E-state index contributed by atoms with van der Waals surface area (Å²) in [4.78, 5) is 2.91. The molecule has 0 amide bonds. The zero-order chi connectivity index (χ0) is 27.1. The molecule has 0 radical (unpaired) electrons. The molecular weight excluding hydrogens is 496 g/mol. The van der Waals surface area contributed by atoms with E-state index >= 15 is 0 Å². The van der Waals surface area contributed by atoms with E-state index in [1.165, 1.54) is 53.4 Å². The van der Waals surface area contributed by atoms with Crippen LogP contribution in [0.15, 0.2) is 97.1 Å². The Bertz CT molecular complexity index is 1540. The molecule has 40 heavy (non-hydrogen) atoms. The molecule has 1 fully saturated rings. The van der Waals surface area contributed by atoms with Crippen LogP contribution in [0.1, 0.15) is 0 Å². The summed E-state index contributed by atoms with van der Waals surface area (Å²) in [6.45, 7) is 6.76. The van der Waals surface area contributed by atoms with Crippen LogP contribution in [0.5, 0.6) is 0 Å². The van der Waals surface area contributed by atoms with Crippen LogP contribution in [0.4, 0.5) is 0 Å². The second-order valence-electron chi connectivity index (χ2n) is 11.5. The third-order valence-electron chi connectivity index (χ3n) is 8.86. The van der Waals surface area contributed by atoms with Crippen molar-refractivity contribution in [1.82, 2.24) is 9.13 Å². The fourth-order valence-electron chi connectivity index (χ4n) is 6.98. The SMILES string of the molecule is O[C@H](Cn1c2ccccc2c2ccccc21)C[NH+]1CC[NH+](C[C@H](O)Cn2c3ccccc3c3ccccc32)CC1. The van der Waals surface area contributed by atoms with Crippen molar-refractivity contribution in [2.75, 3.05) is 39.3 Å². The maximum Gasteiger partial charge on any atom is 0.127 e. The van der Waals surface area contributed by atoms with Gasteiger partial charge in [0.05, 0.1) is 13.1 Å². The van der Waals surface area contributed by atoms with Gasteiger partial charge in [-0.05, 0) is 24.3 Å². The number of benzene rings is 4. The molecule has 7 rings (SSSR count). The highest BCUT2D eigenvalue weighted by Crippen LogP contribution is 2.30. The molecule has 6 nitrogen and oxygen atoms in total. The van der Waals surface area contributed by atoms with Crippen LogP contribution in [0, 0.1) is 0 Å². The molecule has 0 saturated carbocycles. The summed E-state index contributed by atoms with van der Waals surface area (Å²) in [5, 5.41) is 27.2. The van der Waals surface area contributed by atoms with E-state index in [2.05, 4.69) is 106 Å². The third kappa shape index (κ3) is 4.67. The Kier molecular flexibility index (Phi) is 6.77. The van der Waals surface area contributed by atoms with Gasteiger partial charge in [0, 0.05) is 43.6 Å². The number of aliphatic hydroxyl groups is 2. The first-order chi connectivity index (χ1) is 19.7. The van der Waals surface area contributed by atoms with Crippen LogP contribution in [0.3, 0.4) is 0 Å². The Morgan fingerprint density at radius 1 is 0.475 bits per heavy atom. The average molecular weight is 535 g/mol. The fourth-order valence-corrected chi connectivity index (χ4v) is 6.98. The molecule has 0 spiro atoms. The summed E-state index contributed by atoms with van der Waals surface area (Å²) in [6, 6.07) is 33.9. The zero-order valence-electron chi connectivity index (χ0n) is 22.8. The number of piperazine rings is 1. The van der Waals surface area contributed by atoms with Crippen molar-refractivity contribution in [2.45, 2.75) is 25.3 Å². The highest BCUT2D eigenvalue weighted by molar-refractivity contribution is 6.08. The lowest BCUT2D eigenvalue weighted by atomic mass is 10.2. The van der Waals surface area contributed by atoms with Gasteiger partial charge in [-0.2, -0.15) is 0 Å². The molecule has 3 heterocycles. The summed E-state index contributed by atoms with van der Waals surface area (Å²) in [7, 11) is 0.